The van der Waals surface area contributed by atoms with Crippen LogP contribution in [0.15, 0.2) is 22.7 Å². The molecule has 0 unspecified atom stereocenters. The second kappa shape index (κ2) is 4.89. The van der Waals surface area contributed by atoms with Crippen LogP contribution in [0.3, 0.4) is 0 Å². The van der Waals surface area contributed by atoms with Gasteiger partial charge < -0.3 is 14.9 Å². The van der Waals surface area contributed by atoms with E-state index in [9.17, 15) is 9.59 Å². The molecule has 0 radical (unpaired) electrons. The fourth-order valence-electron chi connectivity index (χ4n) is 1.51. The summed E-state index contributed by atoms with van der Waals surface area (Å²) in [6, 6.07) is 4.59. The van der Waals surface area contributed by atoms with Crippen molar-refractivity contribution in [2.45, 2.75) is 13.8 Å². The zero-order chi connectivity index (χ0) is 14.0. The molecule has 0 spiro atoms. The number of aromatic nitrogens is 2. The number of amides is 1. The predicted molar refractivity (Wildman–Crippen MR) is 65.1 cm³/mol. The number of aryl methyl sites for hydroxylation is 2. The van der Waals surface area contributed by atoms with Crippen molar-refractivity contribution in [3.05, 3.63) is 41.0 Å². The van der Waals surface area contributed by atoms with Gasteiger partial charge in [-0.1, -0.05) is 11.2 Å². The van der Waals surface area contributed by atoms with Crippen LogP contribution in [-0.2, 0) is 0 Å². The van der Waals surface area contributed by atoms with Gasteiger partial charge in [-0.25, -0.2) is 4.79 Å². The first-order chi connectivity index (χ1) is 8.97. The van der Waals surface area contributed by atoms with Gasteiger partial charge in [-0.3, -0.25) is 4.79 Å². The fraction of sp³-hybridized carbons (Fsp3) is 0.167. The minimum atomic E-state index is -1.05. The lowest BCUT2D eigenvalue weighted by molar-refractivity contribution is 0.0695. The van der Waals surface area contributed by atoms with Crippen LogP contribution >= 0.6 is 0 Å². The number of carboxylic acids is 1. The van der Waals surface area contributed by atoms with Crippen molar-refractivity contribution in [1.29, 1.82) is 0 Å². The molecule has 2 aromatic rings. The third-order valence-electron chi connectivity index (χ3n) is 2.46. The highest BCUT2D eigenvalue weighted by Gasteiger charge is 2.14. The molecular formula is C12H11N3O4. The SMILES string of the molecule is Cc1nc(C(=O)Nc2ccc(C)c(C(=O)O)c2)no1. The van der Waals surface area contributed by atoms with E-state index in [1.165, 1.54) is 6.07 Å². The zero-order valence-electron chi connectivity index (χ0n) is 10.3. The maximum Gasteiger partial charge on any atom is 0.336 e. The lowest BCUT2D eigenvalue weighted by atomic mass is 10.1. The van der Waals surface area contributed by atoms with Crippen LogP contribution in [0.1, 0.15) is 32.4 Å². The number of hydrogen-bond donors (Lipinski definition) is 2. The molecule has 0 bridgehead atoms. The molecular weight excluding hydrogens is 250 g/mol. The van der Waals surface area contributed by atoms with Crippen molar-refractivity contribution in [2.24, 2.45) is 0 Å². The summed E-state index contributed by atoms with van der Waals surface area (Å²) in [5.74, 6) is -1.43. The van der Waals surface area contributed by atoms with E-state index in [1.54, 1.807) is 26.0 Å². The number of rotatable bonds is 3. The summed E-state index contributed by atoms with van der Waals surface area (Å²) in [4.78, 5) is 26.5. The van der Waals surface area contributed by atoms with Gasteiger partial charge in [0.05, 0.1) is 5.56 Å². The number of aromatic carboxylic acids is 1. The number of carbonyl (C=O) groups excluding carboxylic acids is 1. The maximum atomic E-state index is 11.7. The van der Waals surface area contributed by atoms with Gasteiger partial charge in [-0.2, -0.15) is 4.98 Å². The number of anilines is 1. The van der Waals surface area contributed by atoms with Crippen molar-refractivity contribution >= 4 is 17.6 Å². The number of carbonyl (C=O) groups is 2. The quantitative estimate of drug-likeness (QED) is 0.870. The Morgan fingerprint density at radius 2 is 2.05 bits per heavy atom. The van der Waals surface area contributed by atoms with Crippen LogP contribution in [-0.4, -0.2) is 27.1 Å². The molecule has 19 heavy (non-hydrogen) atoms. The summed E-state index contributed by atoms with van der Waals surface area (Å²) >= 11 is 0. The smallest absolute Gasteiger partial charge is 0.336 e. The highest BCUT2D eigenvalue weighted by atomic mass is 16.5. The maximum absolute atomic E-state index is 11.7. The standard InChI is InChI=1S/C12H11N3O4/c1-6-3-4-8(5-9(6)12(17)18)14-11(16)10-13-7(2)19-15-10/h3-5H,1-2H3,(H,14,16)(H,17,18). The Balaban J connectivity index is 2.22. The van der Waals surface area contributed by atoms with E-state index in [2.05, 4.69) is 20.0 Å². The highest BCUT2D eigenvalue weighted by Crippen LogP contribution is 2.16. The van der Waals surface area contributed by atoms with E-state index in [4.69, 9.17) is 5.11 Å². The van der Waals surface area contributed by atoms with E-state index in [0.717, 1.165) is 0 Å². The van der Waals surface area contributed by atoms with Crippen LogP contribution in [0.5, 0.6) is 0 Å². The minimum Gasteiger partial charge on any atom is -0.478 e. The molecule has 2 rings (SSSR count). The van der Waals surface area contributed by atoms with Gasteiger partial charge in [0, 0.05) is 12.6 Å². The number of carboxylic acid groups (broad SMARTS) is 1. The van der Waals surface area contributed by atoms with Crippen molar-refractivity contribution in [2.75, 3.05) is 5.32 Å². The second-order valence-corrected chi connectivity index (χ2v) is 3.93. The van der Waals surface area contributed by atoms with E-state index in [1.807, 2.05) is 0 Å². The Bertz CT molecular complexity index is 648. The predicted octanol–water partition coefficient (Wildman–Crippen LogP) is 1.64. The first-order valence-corrected chi connectivity index (χ1v) is 5.43. The molecule has 0 saturated heterocycles. The third kappa shape index (κ3) is 2.76. The van der Waals surface area contributed by atoms with Gasteiger partial charge in [0.25, 0.3) is 11.7 Å². The molecule has 1 aromatic carbocycles. The molecule has 0 aliphatic rings. The highest BCUT2D eigenvalue weighted by molar-refractivity contribution is 6.02. The first kappa shape index (κ1) is 12.7. The molecule has 7 heteroatoms. The van der Waals surface area contributed by atoms with Crippen molar-refractivity contribution in [1.82, 2.24) is 10.1 Å². The van der Waals surface area contributed by atoms with Gasteiger partial charge in [-0.15, -0.1) is 0 Å². The number of nitrogens with zero attached hydrogens (tertiary/aromatic N) is 2. The monoisotopic (exact) mass is 261 g/mol. The molecule has 0 saturated carbocycles. The van der Waals surface area contributed by atoms with Crippen LogP contribution in [0.2, 0.25) is 0 Å². The summed E-state index contributed by atoms with van der Waals surface area (Å²) in [5, 5.41) is 15.0. The Morgan fingerprint density at radius 1 is 1.32 bits per heavy atom. The van der Waals surface area contributed by atoms with Gasteiger partial charge in [0.15, 0.2) is 0 Å². The average Bonchev–Trinajstić information content (AvgIpc) is 2.78. The molecule has 0 fully saturated rings. The topological polar surface area (TPSA) is 105 Å². The van der Waals surface area contributed by atoms with Crippen molar-refractivity contribution in [3.63, 3.8) is 0 Å². The van der Waals surface area contributed by atoms with Crippen LogP contribution < -0.4 is 5.32 Å². The Kier molecular flexibility index (Phi) is 3.28. The lowest BCUT2D eigenvalue weighted by Crippen LogP contribution is -2.14. The Morgan fingerprint density at radius 3 is 2.63 bits per heavy atom. The molecule has 0 atom stereocenters. The molecule has 2 N–H and O–H groups in total. The van der Waals surface area contributed by atoms with E-state index in [0.29, 0.717) is 11.3 Å². The molecule has 1 heterocycles. The van der Waals surface area contributed by atoms with Crippen molar-refractivity contribution in [3.8, 4) is 0 Å². The van der Waals surface area contributed by atoms with Crippen LogP contribution in [0, 0.1) is 13.8 Å². The summed E-state index contributed by atoms with van der Waals surface area (Å²) in [6.45, 7) is 3.25. The van der Waals surface area contributed by atoms with E-state index in [-0.39, 0.29) is 17.3 Å². The Hall–Kier alpha value is -2.70. The van der Waals surface area contributed by atoms with Crippen LogP contribution in [0.25, 0.3) is 0 Å². The fourth-order valence-corrected chi connectivity index (χ4v) is 1.51. The lowest BCUT2D eigenvalue weighted by Gasteiger charge is -2.05. The number of hydrogen-bond acceptors (Lipinski definition) is 5. The Labute approximate surface area is 108 Å². The average molecular weight is 261 g/mol. The number of benzene rings is 1. The molecule has 0 aliphatic heterocycles. The molecule has 0 aliphatic carbocycles. The van der Waals surface area contributed by atoms with Gasteiger partial charge in [-0.05, 0) is 24.6 Å². The number of nitrogens with one attached hydrogen (secondary N) is 1. The molecule has 98 valence electrons. The zero-order valence-corrected chi connectivity index (χ0v) is 10.3. The first-order valence-electron chi connectivity index (χ1n) is 5.43. The molecule has 1 amide bonds. The van der Waals surface area contributed by atoms with E-state index >= 15 is 0 Å². The molecule has 1 aromatic heterocycles. The largest absolute Gasteiger partial charge is 0.478 e. The summed E-state index contributed by atoms with van der Waals surface area (Å²) in [5.41, 5.74) is 1.10. The summed E-state index contributed by atoms with van der Waals surface area (Å²) in [6.07, 6.45) is 0. The van der Waals surface area contributed by atoms with Crippen LogP contribution in [0.4, 0.5) is 5.69 Å². The van der Waals surface area contributed by atoms with Gasteiger partial charge in [0.2, 0.25) is 5.89 Å². The summed E-state index contributed by atoms with van der Waals surface area (Å²) in [7, 11) is 0. The second-order valence-electron chi connectivity index (χ2n) is 3.93. The van der Waals surface area contributed by atoms with Gasteiger partial charge >= 0.3 is 5.97 Å². The third-order valence-corrected chi connectivity index (χ3v) is 2.46. The molecule has 7 nitrogen and oxygen atoms in total. The van der Waals surface area contributed by atoms with Gasteiger partial charge in [0.1, 0.15) is 0 Å². The normalized spacial score (nSPS) is 10.2. The van der Waals surface area contributed by atoms with Crippen molar-refractivity contribution < 1.29 is 19.2 Å². The minimum absolute atomic E-state index is 0.102. The van der Waals surface area contributed by atoms with E-state index < -0.39 is 11.9 Å². The summed E-state index contributed by atoms with van der Waals surface area (Å²) < 4.78 is 4.69.